The summed E-state index contributed by atoms with van der Waals surface area (Å²) < 4.78 is 13.5. The number of non-ortho nitro benzene ring substituents is 1. The summed E-state index contributed by atoms with van der Waals surface area (Å²) in [6.45, 7) is 0. The van der Waals surface area contributed by atoms with Gasteiger partial charge in [0.05, 0.1) is 10.6 Å². The number of nitrogens with zero attached hydrogens (tertiary/aromatic N) is 1. The zero-order valence-corrected chi connectivity index (χ0v) is 11.0. The highest BCUT2D eigenvalue weighted by molar-refractivity contribution is 7.80. The average Bonchev–Trinajstić information content (AvgIpc) is 2.84. The lowest BCUT2D eigenvalue weighted by Gasteiger charge is -2.15. The number of nitro groups is 1. The summed E-state index contributed by atoms with van der Waals surface area (Å²) >= 11 is 5.08. The van der Waals surface area contributed by atoms with Crippen molar-refractivity contribution in [3.8, 4) is 0 Å². The van der Waals surface area contributed by atoms with Crippen molar-refractivity contribution in [2.45, 2.75) is 31.7 Å². The third-order valence-electron chi connectivity index (χ3n) is 3.10. The predicted molar refractivity (Wildman–Crippen MR) is 74.7 cm³/mol. The molecule has 1 aromatic carbocycles. The second-order valence-corrected chi connectivity index (χ2v) is 4.91. The molecule has 2 N–H and O–H groups in total. The van der Waals surface area contributed by atoms with Gasteiger partial charge in [0.2, 0.25) is 0 Å². The number of halogens is 1. The van der Waals surface area contributed by atoms with E-state index in [1.807, 2.05) is 0 Å². The van der Waals surface area contributed by atoms with Gasteiger partial charge in [-0.3, -0.25) is 10.1 Å². The number of nitro benzene ring substituents is 1. The molecule has 7 heteroatoms. The highest BCUT2D eigenvalue weighted by atomic mass is 32.1. The molecular weight excluding hydrogens is 269 g/mol. The molecule has 0 atom stereocenters. The fraction of sp³-hybridized carbons (Fsp3) is 0.417. The maximum absolute atomic E-state index is 13.5. The molecule has 0 saturated heterocycles. The van der Waals surface area contributed by atoms with Gasteiger partial charge in [-0.1, -0.05) is 12.8 Å². The minimum Gasteiger partial charge on any atom is -0.360 e. The number of nitrogens with one attached hydrogen (secondary N) is 2. The Kier molecular flexibility index (Phi) is 4.26. The van der Waals surface area contributed by atoms with Crippen LogP contribution in [0.4, 0.5) is 15.8 Å². The Morgan fingerprint density at radius 2 is 2.11 bits per heavy atom. The molecule has 0 aliphatic heterocycles. The zero-order chi connectivity index (χ0) is 13.8. The van der Waals surface area contributed by atoms with Gasteiger partial charge in [-0.2, -0.15) is 0 Å². The third-order valence-corrected chi connectivity index (χ3v) is 3.32. The van der Waals surface area contributed by atoms with Crippen molar-refractivity contribution in [3.05, 3.63) is 34.1 Å². The molecule has 1 saturated carbocycles. The number of hydrogen-bond donors (Lipinski definition) is 2. The van der Waals surface area contributed by atoms with Crippen molar-refractivity contribution in [1.29, 1.82) is 0 Å². The van der Waals surface area contributed by atoms with Crippen LogP contribution in [0.25, 0.3) is 0 Å². The molecule has 2 rings (SSSR count). The van der Waals surface area contributed by atoms with Crippen LogP contribution in [0.15, 0.2) is 18.2 Å². The lowest BCUT2D eigenvalue weighted by atomic mass is 10.2. The van der Waals surface area contributed by atoms with Crippen LogP contribution in [0.1, 0.15) is 25.7 Å². The van der Waals surface area contributed by atoms with Crippen LogP contribution in [0, 0.1) is 15.9 Å². The largest absolute Gasteiger partial charge is 0.360 e. The van der Waals surface area contributed by atoms with Crippen molar-refractivity contribution >= 4 is 28.7 Å². The maximum Gasteiger partial charge on any atom is 0.271 e. The zero-order valence-electron chi connectivity index (χ0n) is 10.2. The monoisotopic (exact) mass is 283 g/mol. The van der Waals surface area contributed by atoms with Crippen LogP contribution in [-0.4, -0.2) is 16.1 Å². The van der Waals surface area contributed by atoms with Crippen LogP contribution in [-0.2, 0) is 0 Å². The Labute approximate surface area is 115 Å². The van der Waals surface area contributed by atoms with E-state index >= 15 is 0 Å². The first-order chi connectivity index (χ1) is 9.06. The van der Waals surface area contributed by atoms with Crippen molar-refractivity contribution in [1.82, 2.24) is 5.32 Å². The second-order valence-electron chi connectivity index (χ2n) is 4.50. The molecule has 5 nitrogen and oxygen atoms in total. The molecule has 19 heavy (non-hydrogen) atoms. The average molecular weight is 283 g/mol. The van der Waals surface area contributed by atoms with Gasteiger partial charge in [0.15, 0.2) is 5.11 Å². The molecule has 1 fully saturated rings. The smallest absolute Gasteiger partial charge is 0.271 e. The molecule has 1 aliphatic rings. The van der Waals surface area contributed by atoms with Crippen molar-refractivity contribution < 1.29 is 9.31 Å². The minimum atomic E-state index is -0.571. The van der Waals surface area contributed by atoms with Gasteiger partial charge in [-0.05, 0) is 31.1 Å². The SMILES string of the molecule is O=[N+]([O-])c1ccc(F)c(NC(=S)NC2CCCC2)c1. The molecular formula is C12H14FN3O2S. The fourth-order valence-electron chi connectivity index (χ4n) is 2.14. The van der Waals surface area contributed by atoms with Gasteiger partial charge in [0.25, 0.3) is 5.69 Å². The van der Waals surface area contributed by atoms with E-state index in [4.69, 9.17) is 12.2 Å². The van der Waals surface area contributed by atoms with Crippen LogP contribution >= 0.6 is 12.2 Å². The summed E-state index contributed by atoms with van der Waals surface area (Å²) in [5, 5.41) is 16.7. The van der Waals surface area contributed by atoms with E-state index in [1.165, 1.54) is 0 Å². The topological polar surface area (TPSA) is 67.2 Å². The minimum absolute atomic E-state index is 0.0182. The first kappa shape index (κ1) is 13.7. The lowest BCUT2D eigenvalue weighted by Crippen LogP contribution is -2.36. The van der Waals surface area contributed by atoms with Crippen LogP contribution < -0.4 is 10.6 Å². The molecule has 0 aromatic heterocycles. The van der Waals surface area contributed by atoms with E-state index in [1.54, 1.807) is 0 Å². The van der Waals surface area contributed by atoms with E-state index < -0.39 is 10.7 Å². The number of anilines is 1. The summed E-state index contributed by atoms with van der Waals surface area (Å²) in [6.07, 6.45) is 4.40. The molecule has 0 amide bonds. The molecule has 1 aromatic rings. The van der Waals surface area contributed by atoms with Gasteiger partial charge in [-0.25, -0.2) is 4.39 Å². The number of rotatable bonds is 3. The highest BCUT2D eigenvalue weighted by Crippen LogP contribution is 2.22. The summed E-state index contributed by atoms with van der Waals surface area (Å²) in [6, 6.07) is 3.62. The van der Waals surface area contributed by atoms with Gasteiger partial charge in [0.1, 0.15) is 5.82 Å². The lowest BCUT2D eigenvalue weighted by molar-refractivity contribution is -0.384. The summed E-state index contributed by atoms with van der Waals surface area (Å²) in [7, 11) is 0. The Morgan fingerprint density at radius 1 is 1.42 bits per heavy atom. The predicted octanol–water partition coefficient (Wildman–Crippen LogP) is 2.96. The summed E-state index contributed by atoms with van der Waals surface area (Å²) in [4.78, 5) is 10.1. The second kappa shape index (κ2) is 5.92. The number of hydrogen-bond acceptors (Lipinski definition) is 3. The Balaban J connectivity index is 2.02. The molecule has 102 valence electrons. The molecule has 0 bridgehead atoms. The van der Waals surface area contributed by atoms with E-state index in [9.17, 15) is 14.5 Å². The molecule has 0 heterocycles. The molecule has 1 aliphatic carbocycles. The van der Waals surface area contributed by atoms with Crippen molar-refractivity contribution in [3.63, 3.8) is 0 Å². The maximum atomic E-state index is 13.5. The number of thiocarbonyl (C=S) groups is 1. The summed E-state index contributed by atoms with van der Waals surface area (Å²) in [5.41, 5.74) is -0.155. The fourth-order valence-corrected chi connectivity index (χ4v) is 2.41. The summed E-state index contributed by atoms with van der Waals surface area (Å²) in [5.74, 6) is -0.568. The van der Waals surface area contributed by atoms with E-state index in [0.717, 1.165) is 43.9 Å². The molecule has 0 unspecified atom stereocenters. The van der Waals surface area contributed by atoms with Crippen LogP contribution in [0.3, 0.4) is 0 Å². The van der Waals surface area contributed by atoms with Gasteiger partial charge >= 0.3 is 0 Å². The first-order valence-electron chi connectivity index (χ1n) is 6.08. The van der Waals surface area contributed by atoms with Gasteiger partial charge in [-0.15, -0.1) is 0 Å². The standard InChI is InChI=1S/C12H14FN3O2S/c13-10-6-5-9(16(17)18)7-11(10)15-12(19)14-8-3-1-2-4-8/h5-8H,1-4H2,(H2,14,15,19). The number of benzene rings is 1. The van der Waals surface area contributed by atoms with Crippen LogP contribution in [0.2, 0.25) is 0 Å². The molecule has 0 radical (unpaired) electrons. The highest BCUT2D eigenvalue weighted by Gasteiger charge is 2.17. The Morgan fingerprint density at radius 3 is 2.74 bits per heavy atom. The normalized spacial score (nSPS) is 15.2. The Hall–Kier alpha value is -1.76. The van der Waals surface area contributed by atoms with Gasteiger partial charge < -0.3 is 10.6 Å². The van der Waals surface area contributed by atoms with Crippen LogP contribution in [0.5, 0.6) is 0 Å². The van der Waals surface area contributed by atoms with Crippen molar-refractivity contribution in [2.75, 3.05) is 5.32 Å². The first-order valence-corrected chi connectivity index (χ1v) is 6.48. The Bertz CT molecular complexity index is 504. The van der Waals surface area contributed by atoms with E-state index in [-0.39, 0.29) is 11.4 Å². The molecule has 0 spiro atoms. The van der Waals surface area contributed by atoms with Crippen molar-refractivity contribution in [2.24, 2.45) is 0 Å². The van der Waals surface area contributed by atoms with E-state index in [0.29, 0.717) is 11.2 Å². The third kappa shape index (κ3) is 3.60. The van der Waals surface area contributed by atoms with Gasteiger partial charge in [0, 0.05) is 18.2 Å². The van der Waals surface area contributed by atoms with E-state index in [2.05, 4.69) is 10.6 Å². The quantitative estimate of drug-likeness (QED) is 0.507.